The summed E-state index contributed by atoms with van der Waals surface area (Å²) in [5.41, 5.74) is 1.37. The molecule has 2 amide bonds. The summed E-state index contributed by atoms with van der Waals surface area (Å²) in [6.45, 7) is 0. The summed E-state index contributed by atoms with van der Waals surface area (Å²) in [5.74, 6) is -0.213. The number of para-hydroxylation sites is 2. The molecule has 2 N–H and O–H groups in total. The Morgan fingerprint density at radius 1 is 0.846 bits per heavy atom. The van der Waals surface area contributed by atoms with Gasteiger partial charge in [0.05, 0.1) is 5.30 Å². The van der Waals surface area contributed by atoms with E-state index in [4.69, 9.17) is 4.52 Å². The number of carbonyl (C=O) groups is 1. The minimum absolute atomic E-state index is 0.433. The summed E-state index contributed by atoms with van der Waals surface area (Å²) in [4.78, 5) is 12.5. The Labute approximate surface area is 151 Å². The van der Waals surface area contributed by atoms with Crippen molar-refractivity contribution < 1.29 is 13.9 Å². The minimum atomic E-state index is -3.35. The number of rotatable bonds is 3. The van der Waals surface area contributed by atoms with E-state index in [1.54, 1.807) is 30.3 Å². The smallest absolute Gasteiger partial charge is 0.320 e. The van der Waals surface area contributed by atoms with E-state index in [-0.39, 0.29) is 0 Å². The van der Waals surface area contributed by atoms with Crippen molar-refractivity contribution in [2.24, 2.45) is 0 Å². The van der Waals surface area contributed by atoms with E-state index in [2.05, 4.69) is 10.6 Å². The maximum atomic E-state index is 13.7. The highest BCUT2D eigenvalue weighted by atomic mass is 31.2. The lowest BCUT2D eigenvalue weighted by Gasteiger charge is -2.21. The van der Waals surface area contributed by atoms with Crippen LogP contribution < -0.4 is 20.5 Å². The van der Waals surface area contributed by atoms with E-state index < -0.39 is 19.2 Å². The summed E-state index contributed by atoms with van der Waals surface area (Å²) in [6.07, 6.45) is 0. The summed E-state index contributed by atoms with van der Waals surface area (Å²) in [6, 6.07) is 24.9. The molecule has 0 aromatic heterocycles. The van der Waals surface area contributed by atoms with Crippen molar-refractivity contribution in [2.45, 2.75) is 5.78 Å². The van der Waals surface area contributed by atoms with Gasteiger partial charge in [-0.25, -0.2) is 4.79 Å². The van der Waals surface area contributed by atoms with Crippen LogP contribution in [0.1, 0.15) is 11.3 Å². The third-order valence-electron chi connectivity index (χ3n) is 4.20. The maximum Gasteiger partial charge on any atom is 0.320 e. The second-order valence-corrected chi connectivity index (χ2v) is 8.34. The lowest BCUT2D eigenvalue weighted by Crippen LogP contribution is -2.33. The van der Waals surface area contributed by atoms with Crippen molar-refractivity contribution >= 4 is 24.4 Å². The third kappa shape index (κ3) is 2.98. The van der Waals surface area contributed by atoms with Crippen molar-refractivity contribution in [3.63, 3.8) is 0 Å². The van der Waals surface area contributed by atoms with Gasteiger partial charge in [-0.05, 0) is 30.3 Å². The Morgan fingerprint density at radius 2 is 1.46 bits per heavy atom. The molecular weight excluding hydrogens is 347 g/mol. The normalized spacial score (nSPS) is 20.7. The molecule has 6 heteroatoms. The summed E-state index contributed by atoms with van der Waals surface area (Å²) >= 11 is 0. The topological polar surface area (TPSA) is 67.4 Å². The van der Waals surface area contributed by atoms with E-state index in [1.165, 1.54) is 0 Å². The van der Waals surface area contributed by atoms with Crippen LogP contribution in [0.15, 0.2) is 84.9 Å². The number of urea groups is 1. The molecule has 1 aliphatic heterocycles. The number of fused-ring (bicyclic) bond motifs is 1. The van der Waals surface area contributed by atoms with Crippen LogP contribution in [0.25, 0.3) is 0 Å². The molecule has 1 aliphatic rings. The summed E-state index contributed by atoms with van der Waals surface area (Å²) in [7, 11) is -3.35. The van der Waals surface area contributed by atoms with E-state index in [0.717, 1.165) is 0 Å². The van der Waals surface area contributed by atoms with Crippen LogP contribution in [0.5, 0.6) is 5.75 Å². The molecule has 0 radical (unpaired) electrons. The molecule has 0 spiro atoms. The number of carbonyl (C=O) groups excluding carboxylic acids is 1. The zero-order valence-corrected chi connectivity index (χ0v) is 14.7. The van der Waals surface area contributed by atoms with Gasteiger partial charge in [0.2, 0.25) is 0 Å². The fraction of sp³-hybridized carbons (Fsp3) is 0.0500. The van der Waals surface area contributed by atoms with E-state index in [1.807, 2.05) is 54.6 Å². The van der Waals surface area contributed by atoms with Gasteiger partial charge in [0, 0.05) is 11.3 Å². The average Bonchev–Trinajstić information content (AvgIpc) is 2.96. The van der Waals surface area contributed by atoms with Crippen LogP contribution in [-0.2, 0) is 4.57 Å². The molecule has 130 valence electrons. The molecule has 2 atom stereocenters. The Balaban J connectivity index is 1.66. The van der Waals surface area contributed by atoms with Crippen LogP contribution in [0.4, 0.5) is 10.5 Å². The fourth-order valence-electron chi connectivity index (χ4n) is 2.98. The SMILES string of the molecule is O=C(Nc1ccccc1)N[C@@H]1c2ccccc2O[P@@]1(=O)c1ccccc1. The van der Waals surface area contributed by atoms with Crippen LogP contribution >= 0.6 is 7.37 Å². The number of amides is 2. The van der Waals surface area contributed by atoms with Gasteiger partial charge in [-0.15, -0.1) is 0 Å². The molecule has 4 rings (SSSR count). The predicted octanol–water partition coefficient (Wildman–Crippen LogP) is 4.50. The van der Waals surface area contributed by atoms with E-state index in [9.17, 15) is 9.36 Å². The highest BCUT2D eigenvalue weighted by Gasteiger charge is 2.46. The first-order chi connectivity index (χ1) is 12.7. The van der Waals surface area contributed by atoms with Gasteiger partial charge in [0.15, 0.2) is 5.78 Å². The first-order valence-electron chi connectivity index (χ1n) is 8.23. The van der Waals surface area contributed by atoms with Crippen LogP contribution in [0.3, 0.4) is 0 Å². The van der Waals surface area contributed by atoms with Gasteiger partial charge in [-0.1, -0.05) is 54.6 Å². The summed E-state index contributed by atoms with van der Waals surface area (Å²) in [5, 5.41) is 6.17. The van der Waals surface area contributed by atoms with Crippen LogP contribution in [0.2, 0.25) is 0 Å². The van der Waals surface area contributed by atoms with E-state index >= 15 is 0 Å². The molecule has 0 unspecified atom stereocenters. The molecule has 0 saturated heterocycles. The number of benzene rings is 3. The number of hydrogen-bond donors (Lipinski definition) is 2. The van der Waals surface area contributed by atoms with Crippen molar-refractivity contribution in [1.82, 2.24) is 5.32 Å². The maximum absolute atomic E-state index is 13.7. The quantitative estimate of drug-likeness (QED) is 0.672. The largest absolute Gasteiger partial charge is 0.438 e. The van der Waals surface area contributed by atoms with Gasteiger partial charge in [0.25, 0.3) is 0 Å². The van der Waals surface area contributed by atoms with E-state index in [0.29, 0.717) is 22.3 Å². The van der Waals surface area contributed by atoms with Crippen molar-refractivity contribution in [2.75, 3.05) is 5.32 Å². The number of nitrogens with one attached hydrogen (secondary N) is 2. The predicted molar refractivity (Wildman–Crippen MR) is 102 cm³/mol. The van der Waals surface area contributed by atoms with Crippen molar-refractivity contribution in [3.8, 4) is 5.75 Å². The van der Waals surface area contributed by atoms with Gasteiger partial charge in [-0.3, -0.25) is 4.57 Å². The Morgan fingerprint density at radius 3 is 2.19 bits per heavy atom. The van der Waals surface area contributed by atoms with Gasteiger partial charge in [-0.2, -0.15) is 0 Å². The average molecular weight is 364 g/mol. The lowest BCUT2D eigenvalue weighted by molar-refractivity contribution is 0.251. The minimum Gasteiger partial charge on any atom is -0.438 e. The highest BCUT2D eigenvalue weighted by Crippen LogP contribution is 2.64. The molecule has 3 aromatic carbocycles. The zero-order valence-electron chi connectivity index (χ0n) is 13.8. The highest BCUT2D eigenvalue weighted by molar-refractivity contribution is 7.68. The Hall–Kier alpha value is -3.04. The van der Waals surface area contributed by atoms with Gasteiger partial charge >= 0.3 is 13.4 Å². The number of hydrogen-bond acceptors (Lipinski definition) is 3. The van der Waals surface area contributed by atoms with Crippen LogP contribution in [-0.4, -0.2) is 6.03 Å². The molecule has 0 aliphatic carbocycles. The Kier molecular flexibility index (Phi) is 4.23. The molecule has 0 fully saturated rings. The standard InChI is InChI=1S/C20H17N2O3P/c23-20(21-15-9-3-1-4-10-15)22-19-17-13-7-8-14-18(17)25-26(19,24)16-11-5-2-6-12-16/h1-14,19H,(H2,21,22,23)/t19-,26-/m0/s1. The Bertz CT molecular complexity index is 977. The first kappa shape index (κ1) is 16.4. The fourth-order valence-corrected chi connectivity index (χ4v) is 5.41. The molecule has 5 nitrogen and oxygen atoms in total. The monoisotopic (exact) mass is 364 g/mol. The molecule has 0 bridgehead atoms. The molecule has 26 heavy (non-hydrogen) atoms. The molecular formula is C20H17N2O3P. The van der Waals surface area contributed by atoms with Gasteiger partial charge < -0.3 is 15.2 Å². The second-order valence-electron chi connectivity index (χ2n) is 5.93. The molecule has 0 saturated carbocycles. The summed E-state index contributed by atoms with van der Waals surface area (Å²) < 4.78 is 19.6. The third-order valence-corrected chi connectivity index (χ3v) is 6.78. The molecule has 1 heterocycles. The van der Waals surface area contributed by atoms with Crippen molar-refractivity contribution in [3.05, 3.63) is 90.5 Å². The van der Waals surface area contributed by atoms with Crippen LogP contribution in [0, 0.1) is 0 Å². The van der Waals surface area contributed by atoms with Crippen molar-refractivity contribution in [1.29, 1.82) is 0 Å². The number of anilines is 1. The second kappa shape index (κ2) is 6.70. The zero-order chi connectivity index (χ0) is 18.0. The van der Waals surface area contributed by atoms with Gasteiger partial charge in [0.1, 0.15) is 5.75 Å². The lowest BCUT2D eigenvalue weighted by atomic mass is 10.2. The molecule has 3 aromatic rings. The first-order valence-corrected chi connectivity index (χ1v) is 9.93.